The summed E-state index contributed by atoms with van der Waals surface area (Å²) in [4.78, 5) is 22.4. The van der Waals surface area contributed by atoms with Crippen molar-refractivity contribution < 1.29 is 4.79 Å². The number of carbonyl (C=O) groups is 1. The van der Waals surface area contributed by atoms with Crippen LogP contribution in [0.1, 0.15) is 36.0 Å². The summed E-state index contributed by atoms with van der Waals surface area (Å²) in [6.45, 7) is 0. The Kier molecular flexibility index (Phi) is 3.35. The van der Waals surface area contributed by atoms with E-state index >= 15 is 0 Å². The maximum atomic E-state index is 12.7. The van der Waals surface area contributed by atoms with E-state index in [1.807, 2.05) is 0 Å². The molecule has 22 heavy (non-hydrogen) atoms. The zero-order valence-electron chi connectivity index (χ0n) is 12.5. The molecule has 2 aliphatic rings. The number of benzene rings is 1. The van der Waals surface area contributed by atoms with Crippen molar-refractivity contribution in [2.45, 2.75) is 43.8 Å². The number of H-pyrrole nitrogens is 1. The number of hydrogen-bond donors (Lipinski definition) is 2. The second-order valence-corrected chi connectivity index (χ2v) is 6.88. The van der Waals surface area contributed by atoms with Gasteiger partial charge in [-0.3, -0.25) is 4.79 Å². The van der Waals surface area contributed by atoms with Gasteiger partial charge in [-0.05, 0) is 44.9 Å². The second kappa shape index (κ2) is 5.25. The van der Waals surface area contributed by atoms with Gasteiger partial charge >= 0.3 is 0 Å². The highest BCUT2D eigenvalue weighted by Gasteiger charge is 2.38. The lowest BCUT2D eigenvalue weighted by Gasteiger charge is -2.36. The number of aromatic nitrogens is 2. The normalized spacial score (nSPS) is 28.2. The fraction of sp³-hybridized carbons (Fsp3) is 0.500. The molecule has 6 heteroatoms. The number of halogens is 1. The quantitative estimate of drug-likeness (QED) is 0.894. The minimum Gasteiger partial charge on any atom is -0.349 e. The average molecular weight is 319 g/mol. The van der Waals surface area contributed by atoms with Crippen molar-refractivity contribution in [1.29, 1.82) is 0 Å². The smallest absolute Gasteiger partial charge is 0.253 e. The van der Waals surface area contributed by atoms with E-state index in [9.17, 15) is 4.79 Å². The maximum Gasteiger partial charge on any atom is 0.253 e. The Hall–Kier alpha value is -1.59. The molecule has 2 aromatic rings. The first-order valence-electron chi connectivity index (χ1n) is 7.77. The van der Waals surface area contributed by atoms with Crippen LogP contribution in [0.2, 0.25) is 5.02 Å². The van der Waals surface area contributed by atoms with Crippen LogP contribution < -0.4 is 5.32 Å². The number of aromatic amines is 1. The first-order valence-corrected chi connectivity index (χ1v) is 8.15. The predicted molar refractivity (Wildman–Crippen MR) is 86.2 cm³/mol. The topological polar surface area (TPSA) is 61.0 Å². The summed E-state index contributed by atoms with van der Waals surface area (Å²) in [5.74, 6) is -0.0754. The van der Waals surface area contributed by atoms with Crippen LogP contribution in [0.4, 0.5) is 0 Å². The molecule has 1 amide bonds. The lowest BCUT2D eigenvalue weighted by atomic mass is 9.97. The van der Waals surface area contributed by atoms with Crippen LogP contribution in [0, 0.1) is 0 Å². The summed E-state index contributed by atoms with van der Waals surface area (Å²) in [5, 5.41) is 3.73. The molecular weight excluding hydrogens is 300 g/mol. The van der Waals surface area contributed by atoms with E-state index in [1.54, 1.807) is 18.5 Å². The number of carbonyl (C=O) groups excluding carboxylic acids is 1. The van der Waals surface area contributed by atoms with Gasteiger partial charge in [-0.25, -0.2) is 4.98 Å². The first kappa shape index (κ1) is 14.0. The van der Waals surface area contributed by atoms with E-state index in [4.69, 9.17) is 11.6 Å². The van der Waals surface area contributed by atoms with Gasteiger partial charge in [-0.15, -0.1) is 0 Å². The number of fused-ring (bicyclic) bond motifs is 3. The summed E-state index contributed by atoms with van der Waals surface area (Å²) in [5.41, 5.74) is 2.02. The summed E-state index contributed by atoms with van der Waals surface area (Å²) in [6, 6.07) is 4.94. The van der Waals surface area contributed by atoms with Crippen molar-refractivity contribution >= 4 is 28.5 Å². The number of piperidine rings is 1. The summed E-state index contributed by atoms with van der Waals surface area (Å²) in [7, 11) is 2.20. The van der Waals surface area contributed by atoms with Crippen molar-refractivity contribution in [1.82, 2.24) is 20.2 Å². The van der Waals surface area contributed by atoms with E-state index in [0.717, 1.165) is 18.4 Å². The van der Waals surface area contributed by atoms with Gasteiger partial charge in [0.25, 0.3) is 5.91 Å². The van der Waals surface area contributed by atoms with Crippen LogP contribution >= 0.6 is 11.6 Å². The molecule has 1 unspecified atom stereocenters. The molecule has 0 saturated carbocycles. The van der Waals surface area contributed by atoms with Crippen LogP contribution in [0.3, 0.4) is 0 Å². The maximum absolute atomic E-state index is 12.7. The highest BCUT2D eigenvalue weighted by molar-refractivity contribution is 6.32. The first-order chi connectivity index (χ1) is 10.6. The predicted octanol–water partition coefficient (Wildman–Crippen LogP) is 2.57. The lowest BCUT2D eigenvalue weighted by molar-refractivity contribution is 0.0884. The van der Waals surface area contributed by atoms with Crippen molar-refractivity contribution in [2.24, 2.45) is 0 Å². The van der Waals surface area contributed by atoms with Gasteiger partial charge in [0.15, 0.2) is 0 Å². The fourth-order valence-electron chi connectivity index (χ4n) is 3.98. The van der Waals surface area contributed by atoms with Crippen molar-refractivity contribution in [3.8, 4) is 0 Å². The highest BCUT2D eigenvalue weighted by atomic mass is 35.5. The lowest BCUT2D eigenvalue weighted by Crippen LogP contribution is -2.48. The number of hydrogen-bond acceptors (Lipinski definition) is 3. The largest absolute Gasteiger partial charge is 0.349 e. The third-order valence-corrected chi connectivity index (χ3v) is 5.38. The third kappa shape index (κ3) is 2.29. The molecule has 3 heterocycles. The molecule has 0 spiro atoms. The molecule has 0 aliphatic carbocycles. The summed E-state index contributed by atoms with van der Waals surface area (Å²) < 4.78 is 0. The zero-order chi connectivity index (χ0) is 15.3. The fourth-order valence-corrected chi connectivity index (χ4v) is 4.20. The minimum atomic E-state index is -0.0754. The van der Waals surface area contributed by atoms with E-state index < -0.39 is 0 Å². The molecule has 1 aromatic carbocycles. The van der Waals surface area contributed by atoms with E-state index in [1.165, 1.54) is 12.8 Å². The molecule has 2 aliphatic heterocycles. The van der Waals surface area contributed by atoms with Crippen LogP contribution in [0.5, 0.6) is 0 Å². The van der Waals surface area contributed by atoms with Gasteiger partial charge in [0.2, 0.25) is 0 Å². The van der Waals surface area contributed by atoms with Crippen molar-refractivity contribution in [3.05, 3.63) is 29.0 Å². The van der Waals surface area contributed by atoms with Gasteiger partial charge in [0.1, 0.15) is 5.52 Å². The molecule has 3 atom stereocenters. The molecule has 116 valence electrons. The molecule has 2 saturated heterocycles. The number of imidazole rings is 1. The molecule has 2 fully saturated rings. The SMILES string of the molecule is CN1[C@@H]2CC[C@H]1CC(NC(=O)c1cc(Cl)cc3[nH]cnc13)C2. The number of amides is 1. The van der Waals surface area contributed by atoms with Crippen molar-refractivity contribution in [3.63, 3.8) is 0 Å². The Morgan fingerprint density at radius 3 is 2.82 bits per heavy atom. The molecule has 2 N–H and O–H groups in total. The van der Waals surface area contributed by atoms with E-state index in [2.05, 4.69) is 27.2 Å². The molecule has 5 nitrogen and oxygen atoms in total. The van der Waals surface area contributed by atoms with Crippen LogP contribution in [-0.4, -0.2) is 45.9 Å². The van der Waals surface area contributed by atoms with Gasteiger partial charge in [0.05, 0.1) is 17.4 Å². The number of rotatable bonds is 2. The summed E-state index contributed by atoms with van der Waals surface area (Å²) >= 11 is 6.11. The van der Waals surface area contributed by atoms with Crippen LogP contribution in [0.25, 0.3) is 11.0 Å². The van der Waals surface area contributed by atoms with Crippen LogP contribution in [0.15, 0.2) is 18.5 Å². The van der Waals surface area contributed by atoms with Crippen LogP contribution in [-0.2, 0) is 0 Å². The highest BCUT2D eigenvalue weighted by Crippen LogP contribution is 2.34. The second-order valence-electron chi connectivity index (χ2n) is 6.44. The number of nitrogens with zero attached hydrogens (tertiary/aromatic N) is 2. The van der Waals surface area contributed by atoms with E-state index in [0.29, 0.717) is 28.2 Å². The molecule has 4 rings (SSSR count). The Labute approximate surface area is 134 Å². The monoisotopic (exact) mass is 318 g/mol. The Morgan fingerprint density at radius 2 is 2.09 bits per heavy atom. The van der Waals surface area contributed by atoms with Gasteiger partial charge in [-0.2, -0.15) is 0 Å². The average Bonchev–Trinajstić information content (AvgIpc) is 3.00. The number of nitrogens with one attached hydrogen (secondary N) is 2. The molecular formula is C16H19ClN4O. The Bertz CT molecular complexity index is 714. The molecule has 2 bridgehead atoms. The van der Waals surface area contributed by atoms with Gasteiger partial charge < -0.3 is 15.2 Å². The van der Waals surface area contributed by atoms with Gasteiger partial charge in [-0.1, -0.05) is 11.6 Å². The van der Waals surface area contributed by atoms with Crippen molar-refractivity contribution in [2.75, 3.05) is 7.05 Å². The molecule has 0 radical (unpaired) electrons. The van der Waals surface area contributed by atoms with E-state index in [-0.39, 0.29) is 11.9 Å². The standard InChI is InChI=1S/C16H19ClN4O/c1-21-11-2-3-12(21)7-10(6-11)20-16(22)13-4-9(17)5-14-15(13)19-8-18-14/h4-5,8,10-12H,2-3,6-7H2,1H3,(H,18,19)(H,20,22)/t10?,11-,12+. The minimum absolute atomic E-state index is 0.0754. The third-order valence-electron chi connectivity index (χ3n) is 5.17. The van der Waals surface area contributed by atoms with Gasteiger partial charge in [0, 0.05) is 23.1 Å². The Morgan fingerprint density at radius 1 is 1.36 bits per heavy atom. The summed E-state index contributed by atoms with van der Waals surface area (Å²) in [6.07, 6.45) is 6.14. The Balaban J connectivity index is 1.56. The molecule has 1 aromatic heterocycles. The zero-order valence-corrected chi connectivity index (χ0v) is 13.2.